The summed E-state index contributed by atoms with van der Waals surface area (Å²) in [6.07, 6.45) is 3.30. The maximum atomic E-state index is 11.9. The van der Waals surface area contributed by atoms with E-state index in [0.29, 0.717) is 36.1 Å². The molecule has 0 saturated carbocycles. The topological polar surface area (TPSA) is 92.9 Å². The van der Waals surface area contributed by atoms with Gasteiger partial charge in [-0.1, -0.05) is 5.16 Å². The molecule has 19 heavy (non-hydrogen) atoms. The molecule has 0 aliphatic heterocycles. The molecule has 1 amide bonds. The van der Waals surface area contributed by atoms with Crippen molar-refractivity contribution in [3.8, 4) is 0 Å². The van der Waals surface area contributed by atoms with Crippen molar-refractivity contribution in [1.29, 1.82) is 0 Å². The van der Waals surface area contributed by atoms with Gasteiger partial charge in [0.05, 0.1) is 5.69 Å². The summed E-state index contributed by atoms with van der Waals surface area (Å²) in [5, 5.41) is 9.52. The minimum Gasteiger partial charge on any atom is -0.361 e. The maximum absolute atomic E-state index is 11.9. The summed E-state index contributed by atoms with van der Waals surface area (Å²) in [7, 11) is 0. The van der Waals surface area contributed by atoms with E-state index in [9.17, 15) is 4.79 Å². The zero-order chi connectivity index (χ0) is 13.7. The number of hydrogen-bond donors (Lipinski definition) is 2. The molecule has 2 aromatic heterocycles. The summed E-state index contributed by atoms with van der Waals surface area (Å²) >= 11 is 0. The van der Waals surface area contributed by atoms with E-state index in [1.807, 2.05) is 0 Å². The highest BCUT2D eigenvalue weighted by Gasteiger charge is 2.16. The van der Waals surface area contributed by atoms with Crippen molar-refractivity contribution in [2.24, 2.45) is 0 Å². The van der Waals surface area contributed by atoms with E-state index >= 15 is 0 Å². The molecule has 0 aliphatic rings. The highest BCUT2D eigenvalue weighted by atomic mass is 16.5. The number of carbonyl (C=O) groups is 1. The number of carbonyl (C=O) groups excluding carboxylic acids is 1. The van der Waals surface area contributed by atoms with Crippen molar-refractivity contribution in [3.05, 3.63) is 35.5 Å². The average molecular weight is 261 g/mol. The number of anilines is 1. The third-order valence-corrected chi connectivity index (χ3v) is 2.52. The van der Waals surface area contributed by atoms with Crippen LogP contribution in [0.1, 0.15) is 21.8 Å². The lowest BCUT2D eigenvalue weighted by Gasteiger charge is -2.06. The van der Waals surface area contributed by atoms with E-state index in [4.69, 9.17) is 4.52 Å². The molecule has 7 heteroatoms. The molecule has 0 unspecified atom stereocenters. The molecular weight excluding hydrogens is 246 g/mol. The van der Waals surface area contributed by atoms with Gasteiger partial charge in [0.1, 0.15) is 11.3 Å². The molecule has 0 aromatic carbocycles. The Morgan fingerprint density at radius 1 is 1.26 bits per heavy atom. The molecule has 0 radical (unpaired) electrons. The van der Waals surface area contributed by atoms with Crippen LogP contribution >= 0.6 is 0 Å². The van der Waals surface area contributed by atoms with Crippen molar-refractivity contribution in [3.63, 3.8) is 0 Å². The fraction of sp³-hybridized carbons (Fsp3) is 0.333. The van der Waals surface area contributed by atoms with E-state index in [1.54, 1.807) is 32.3 Å². The monoisotopic (exact) mass is 261 g/mol. The molecule has 2 N–H and O–H groups in total. The number of nitrogens with one attached hydrogen (secondary N) is 2. The number of hydrogen-bond acceptors (Lipinski definition) is 6. The van der Waals surface area contributed by atoms with Gasteiger partial charge in [0, 0.05) is 25.5 Å². The Morgan fingerprint density at radius 3 is 2.63 bits per heavy atom. The van der Waals surface area contributed by atoms with Gasteiger partial charge in [-0.05, 0) is 19.9 Å². The van der Waals surface area contributed by atoms with Gasteiger partial charge in [0.15, 0.2) is 0 Å². The van der Waals surface area contributed by atoms with Gasteiger partial charge in [-0.3, -0.25) is 4.79 Å². The van der Waals surface area contributed by atoms with Crippen molar-refractivity contribution in [1.82, 2.24) is 20.4 Å². The first-order valence-corrected chi connectivity index (χ1v) is 5.90. The Hall–Kier alpha value is -2.44. The van der Waals surface area contributed by atoms with Crippen LogP contribution in [0.3, 0.4) is 0 Å². The zero-order valence-electron chi connectivity index (χ0n) is 10.8. The van der Waals surface area contributed by atoms with Crippen molar-refractivity contribution >= 4 is 11.9 Å². The Labute approximate surface area is 110 Å². The quantitative estimate of drug-likeness (QED) is 0.777. The van der Waals surface area contributed by atoms with E-state index in [-0.39, 0.29) is 5.91 Å². The molecule has 7 nitrogen and oxygen atoms in total. The van der Waals surface area contributed by atoms with E-state index in [1.165, 1.54) is 0 Å². The first-order chi connectivity index (χ1) is 9.18. The third kappa shape index (κ3) is 3.27. The molecule has 2 heterocycles. The second kappa shape index (κ2) is 5.94. The van der Waals surface area contributed by atoms with Gasteiger partial charge < -0.3 is 15.2 Å². The van der Waals surface area contributed by atoms with Crippen LogP contribution in [-0.4, -0.2) is 34.1 Å². The lowest BCUT2D eigenvalue weighted by Crippen LogP contribution is -2.29. The summed E-state index contributed by atoms with van der Waals surface area (Å²) in [6.45, 7) is 4.45. The smallest absolute Gasteiger partial charge is 0.256 e. The number of rotatable bonds is 5. The minimum absolute atomic E-state index is 0.188. The van der Waals surface area contributed by atoms with Gasteiger partial charge in [-0.25, -0.2) is 9.97 Å². The van der Waals surface area contributed by atoms with Crippen LogP contribution in [0.2, 0.25) is 0 Å². The van der Waals surface area contributed by atoms with Gasteiger partial charge in [-0.15, -0.1) is 0 Å². The lowest BCUT2D eigenvalue weighted by molar-refractivity contribution is 0.0953. The number of amides is 1. The zero-order valence-corrected chi connectivity index (χ0v) is 10.8. The van der Waals surface area contributed by atoms with Crippen LogP contribution in [-0.2, 0) is 0 Å². The Bertz CT molecular complexity index is 533. The van der Waals surface area contributed by atoms with Crippen molar-refractivity contribution < 1.29 is 9.32 Å². The molecule has 0 saturated heterocycles. The van der Waals surface area contributed by atoms with E-state index in [0.717, 1.165) is 0 Å². The molecular formula is C12H15N5O2. The van der Waals surface area contributed by atoms with Crippen LogP contribution in [0, 0.1) is 13.8 Å². The normalized spacial score (nSPS) is 10.2. The van der Waals surface area contributed by atoms with E-state index in [2.05, 4.69) is 25.8 Å². The third-order valence-electron chi connectivity index (χ3n) is 2.52. The van der Waals surface area contributed by atoms with Crippen LogP contribution in [0.25, 0.3) is 0 Å². The van der Waals surface area contributed by atoms with E-state index < -0.39 is 0 Å². The molecule has 0 atom stereocenters. The van der Waals surface area contributed by atoms with Gasteiger partial charge in [0.25, 0.3) is 5.91 Å². The average Bonchev–Trinajstić information content (AvgIpc) is 2.75. The molecule has 2 rings (SSSR count). The predicted molar refractivity (Wildman–Crippen MR) is 68.8 cm³/mol. The molecule has 0 bridgehead atoms. The van der Waals surface area contributed by atoms with Gasteiger partial charge >= 0.3 is 0 Å². The number of nitrogens with zero attached hydrogens (tertiary/aromatic N) is 3. The lowest BCUT2D eigenvalue weighted by atomic mass is 10.2. The molecule has 0 fully saturated rings. The highest BCUT2D eigenvalue weighted by Crippen LogP contribution is 2.11. The highest BCUT2D eigenvalue weighted by molar-refractivity contribution is 5.96. The van der Waals surface area contributed by atoms with Gasteiger partial charge in [-0.2, -0.15) is 0 Å². The van der Waals surface area contributed by atoms with Crippen molar-refractivity contribution in [2.45, 2.75) is 13.8 Å². The first kappa shape index (κ1) is 13.0. The second-order valence-corrected chi connectivity index (χ2v) is 3.95. The fourth-order valence-corrected chi connectivity index (χ4v) is 1.64. The summed E-state index contributed by atoms with van der Waals surface area (Å²) in [5.74, 6) is 0.871. The molecule has 100 valence electrons. The second-order valence-electron chi connectivity index (χ2n) is 3.95. The Morgan fingerprint density at radius 2 is 2.00 bits per heavy atom. The fourth-order valence-electron chi connectivity index (χ4n) is 1.64. The SMILES string of the molecule is Cc1noc(C)c1C(=O)NCCNc1ncccn1. The van der Waals surface area contributed by atoms with Gasteiger partial charge in [0.2, 0.25) is 5.95 Å². The molecule has 0 spiro atoms. The van der Waals surface area contributed by atoms with Crippen LogP contribution in [0.4, 0.5) is 5.95 Å². The summed E-state index contributed by atoms with van der Waals surface area (Å²) < 4.78 is 4.95. The maximum Gasteiger partial charge on any atom is 0.256 e. The summed E-state index contributed by atoms with van der Waals surface area (Å²) in [6, 6.07) is 1.74. The van der Waals surface area contributed by atoms with Crippen LogP contribution in [0.15, 0.2) is 23.0 Å². The van der Waals surface area contributed by atoms with Crippen LogP contribution < -0.4 is 10.6 Å². The Balaban J connectivity index is 1.79. The minimum atomic E-state index is -0.188. The molecule has 0 aliphatic carbocycles. The first-order valence-electron chi connectivity index (χ1n) is 5.90. The van der Waals surface area contributed by atoms with Crippen LogP contribution in [0.5, 0.6) is 0 Å². The largest absolute Gasteiger partial charge is 0.361 e. The standard InChI is InChI=1S/C12H15N5O2/c1-8-10(9(2)19-17-8)11(18)13-6-7-16-12-14-4-3-5-15-12/h3-5H,6-7H2,1-2H3,(H,13,18)(H,14,15,16). The summed E-state index contributed by atoms with van der Waals surface area (Å²) in [5.41, 5.74) is 1.09. The molecule has 2 aromatic rings. The summed E-state index contributed by atoms with van der Waals surface area (Å²) in [4.78, 5) is 19.9. The Kier molecular flexibility index (Phi) is 4.07. The number of aromatic nitrogens is 3. The van der Waals surface area contributed by atoms with Crippen molar-refractivity contribution in [2.75, 3.05) is 18.4 Å². The predicted octanol–water partition coefficient (Wildman–Crippen LogP) is 0.923. The number of aryl methyl sites for hydroxylation is 2.